The van der Waals surface area contributed by atoms with Crippen LogP contribution in [0.25, 0.3) is 0 Å². The Balaban J connectivity index is 1.91. The van der Waals surface area contributed by atoms with E-state index in [1.165, 1.54) is 11.9 Å². The van der Waals surface area contributed by atoms with Gasteiger partial charge in [-0.1, -0.05) is 38.1 Å². The normalized spacial score (nSPS) is 32.0. The summed E-state index contributed by atoms with van der Waals surface area (Å²) >= 11 is 0. The number of carbonyl (C=O) groups is 3. The lowest BCUT2D eigenvalue weighted by Gasteiger charge is -2.30. The van der Waals surface area contributed by atoms with E-state index in [9.17, 15) is 14.4 Å². The Bertz CT molecular complexity index is 849. The van der Waals surface area contributed by atoms with Gasteiger partial charge in [0.1, 0.15) is 5.54 Å². The summed E-state index contributed by atoms with van der Waals surface area (Å²) in [7, 11) is 1.52. The first-order valence-corrected chi connectivity index (χ1v) is 9.46. The van der Waals surface area contributed by atoms with Crippen LogP contribution in [0.3, 0.4) is 0 Å². The number of nitrogens with zero attached hydrogens (tertiary/aromatic N) is 2. The molecule has 0 aliphatic carbocycles. The molecule has 3 heterocycles. The van der Waals surface area contributed by atoms with Crippen LogP contribution in [0.5, 0.6) is 0 Å². The van der Waals surface area contributed by atoms with Crippen molar-refractivity contribution in [3.05, 3.63) is 42.5 Å². The van der Waals surface area contributed by atoms with Gasteiger partial charge in [0.05, 0.1) is 11.8 Å². The predicted molar refractivity (Wildman–Crippen MR) is 102 cm³/mol. The number of rotatable bonds is 4. The van der Waals surface area contributed by atoms with Crippen LogP contribution in [-0.4, -0.2) is 42.3 Å². The summed E-state index contributed by atoms with van der Waals surface area (Å²) < 4.78 is 0. The first-order valence-electron chi connectivity index (χ1n) is 9.46. The van der Waals surface area contributed by atoms with Gasteiger partial charge in [-0.2, -0.15) is 0 Å². The number of benzene rings is 1. The zero-order valence-corrected chi connectivity index (χ0v) is 15.9. The van der Waals surface area contributed by atoms with Crippen LogP contribution in [0, 0.1) is 17.8 Å². The van der Waals surface area contributed by atoms with Crippen LogP contribution in [0.15, 0.2) is 36.9 Å². The van der Waals surface area contributed by atoms with Gasteiger partial charge in [-0.05, 0) is 18.4 Å². The Morgan fingerprint density at radius 2 is 1.93 bits per heavy atom. The van der Waals surface area contributed by atoms with E-state index in [4.69, 9.17) is 0 Å². The average Bonchev–Trinajstić information content (AvgIpc) is 3.17. The van der Waals surface area contributed by atoms with E-state index in [0.29, 0.717) is 12.5 Å². The highest BCUT2D eigenvalue weighted by atomic mass is 16.2. The van der Waals surface area contributed by atoms with Crippen molar-refractivity contribution in [2.24, 2.45) is 17.8 Å². The van der Waals surface area contributed by atoms with Gasteiger partial charge in [0.15, 0.2) is 0 Å². The fourth-order valence-corrected chi connectivity index (χ4v) is 5.11. The number of imide groups is 1. The maximum Gasteiger partial charge on any atom is 0.253 e. The summed E-state index contributed by atoms with van der Waals surface area (Å²) in [5.41, 5.74) is 0.393. The van der Waals surface area contributed by atoms with Gasteiger partial charge < -0.3 is 4.90 Å². The third kappa shape index (κ3) is 2.19. The molecule has 1 spiro atoms. The largest absolute Gasteiger partial charge is 0.306 e. The van der Waals surface area contributed by atoms with Crippen molar-refractivity contribution in [1.29, 1.82) is 0 Å². The Labute approximate surface area is 159 Å². The van der Waals surface area contributed by atoms with E-state index in [1.807, 2.05) is 24.3 Å². The zero-order valence-electron chi connectivity index (χ0n) is 15.9. The molecule has 6 nitrogen and oxygen atoms in total. The molecule has 0 saturated carbocycles. The van der Waals surface area contributed by atoms with Crippen LogP contribution >= 0.6 is 0 Å². The molecule has 4 rings (SSSR count). The van der Waals surface area contributed by atoms with E-state index in [2.05, 4.69) is 25.7 Å². The fraction of sp³-hybridized carbons (Fsp3) is 0.476. The molecule has 0 radical (unpaired) electrons. The number of likely N-dealkylation sites (tertiary alicyclic amines) is 1. The second-order valence-electron chi connectivity index (χ2n) is 8.15. The van der Waals surface area contributed by atoms with Gasteiger partial charge in [0, 0.05) is 30.9 Å². The van der Waals surface area contributed by atoms with Gasteiger partial charge in [0.25, 0.3) is 5.91 Å². The van der Waals surface area contributed by atoms with E-state index in [-0.39, 0.29) is 23.8 Å². The first-order chi connectivity index (χ1) is 12.8. The number of carbonyl (C=O) groups excluding carboxylic acids is 3. The minimum Gasteiger partial charge on any atom is -0.306 e. The summed E-state index contributed by atoms with van der Waals surface area (Å²) in [6.07, 6.45) is 2.41. The standard InChI is InChI=1S/C21H25N3O3/c1-5-10-24-15-9-7-6-8-13(15)21(20(24)27)17-16(14(22-21)11-12(2)3)18(25)23(4)19(17)26/h5-9,12,14,16-17,22H,1,10-11H2,2-4H3. The molecule has 27 heavy (non-hydrogen) atoms. The molecular formula is C21H25N3O3. The van der Waals surface area contributed by atoms with Crippen molar-refractivity contribution in [3.63, 3.8) is 0 Å². The predicted octanol–water partition coefficient (Wildman–Crippen LogP) is 1.66. The quantitative estimate of drug-likeness (QED) is 0.649. The van der Waals surface area contributed by atoms with Crippen molar-refractivity contribution < 1.29 is 14.4 Å². The van der Waals surface area contributed by atoms with E-state index in [0.717, 1.165) is 17.7 Å². The van der Waals surface area contributed by atoms with Crippen LogP contribution < -0.4 is 10.2 Å². The summed E-state index contributed by atoms with van der Waals surface area (Å²) in [5.74, 6) is -1.50. The number of fused-ring (bicyclic) bond motifs is 4. The molecule has 3 aliphatic heterocycles. The Hall–Kier alpha value is -2.47. The minimum absolute atomic E-state index is 0.165. The lowest BCUT2D eigenvalue weighted by atomic mass is 9.76. The molecule has 0 aromatic heterocycles. The number of hydrogen-bond acceptors (Lipinski definition) is 4. The van der Waals surface area contributed by atoms with Gasteiger partial charge in [-0.15, -0.1) is 6.58 Å². The molecule has 3 aliphatic rings. The smallest absolute Gasteiger partial charge is 0.253 e. The number of nitrogens with one attached hydrogen (secondary N) is 1. The summed E-state index contributed by atoms with van der Waals surface area (Å²) in [6.45, 7) is 8.30. The van der Waals surface area contributed by atoms with Crippen LogP contribution in [0.2, 0.25) is 0 Å². The van der Waals surface area contributed by atoms with Gasteiger partial charge in [-0.25, -0.2) is 0 Å². The molecule has 1 aromatic carbocycles. The molecule has 4 unspecified atom stereocenters. The summed E-state index contributed by atoms with van der Waals surface area (Å²) in [4.78, 5) is 42.5. The Morgan fingerprint density at radius 3 is 2.59 bits per heavy atom. The van der Waals surface area contributed by atoms with E-state index >= 15 is 0 Å². The number of hydrogen-bond donors (Lipinski definition) is 1. The molecule has 0 bridgehead atoms. The SMILES string of the molecule is C=CCN1C(=O)C2(NC(CC(C)C)C3C(=O)N(C)C(=O)C32)c2ccccc21. The molecule has 1 N–H and O–H groups in total. The monoisotopic (exact) mass is 367 g/mol. The zero-order chi connectivity index (χ0) is 19.5. The lowest BCUT2D eigenvalue weighted by molar-refractivity contribution is -0.141. The third-order valence-corrected chi connectivity index (χ3v) is 6.12. The highest BCUT2D eigenvalue weighted by Crippen LogP contribution is 2.54. The van der Waals surface area contributed by atoms with Crippen molar-refractivity contribution in [2.45, 2.75) is 31.8 Å². The van der Waals surface area contributed by atoms with Crippen LogP contribution in [-0.2, 0) is 19.9 Å². The molecule has 2 saturated heterocycles. The Morgan fingerprint density at radius 1 is 1.22 bits per heavy atom. The topological polar surface area (TPSA) is 69.7 Å². The minimum atomic E-state index is -1.18. The highest BCUT2D eigenvalue weighted by Gasteiger charge is 2.70. The fourth-order valence-electron chi connectivity index (χ4n) is 5.11. The van der Waals surface area contributed by atoms with Crippen molar-refractivity contribution >= 4 is 23.4 Å². The van der Waals surface area contributed by atoms with Crippen molar-refractivity contribution in [2.75, 3.05) is 18.5 Å². The average molecular weight is 367 g/mol. The lowest BCUT2D eigenvalue weighted by Crippen LogP contribution is -2.55. The van der Waals surface area contributed by atoms with E-state index < -0.39 is 17.4 Å². The summed E-state index contributed by atoms with van der Waals surface area (Å²) in [6, 6.07) is 7.34. The molecule has 142 valence electrons. The van der Waals surface area contributed by atoms with Crippen molar-refractivity contribution in [3.8, 4) is 0 Å². The molecule has 1 aromatic rings. The van der Waals surface area contributed by atoms with Gasteiger partial charge >= 0.3 is 0 Å². The summed E-state index contributed by atoms with van der Waals surface area (Å²) in [5, 5.41) is 3.48. The highest BCUT2D eigenvalue weighted by molar-refractivity contribution is 6.16. The maximum absolute atomic E-state index is 13.6. The number of amides is 3. The van der Waals surface area contributed by atoms with E-state index in [1.54, 1.807) is 11.0 Å². The molecule has 4 atom stereocenters. The van der Waals surface area contributed by atoms with Crippen LogP contribution in [0.4, 0.5) is 5.69 Å². The maximum atomic E-state index is 13.6. The Kier molecular flexibility index (Phi) is 4.00. The first kappa shape index (κ1) is 17.9. The molecule has 6 heteroatoms. The van der Waals surface area contributed by atoms with Gasteiger partial charge in [0.2, 0.25) is 11.8 Å². The molecule has 2 fully saturated rings. The second kappa shape index (κ2) is 6.02. The molecule has 3 amide bonds. The molecular weight excluding hydrogens is 342 g/mol. The van der Waals surface area contributed by atoms with Crippen molar-refractivity contribution in [1.82, 2.24) is 10.2 Å². The van der Waals surface area contributed by atoms with Gasteiger partial charge in [-0.3, -0.25) is 24.6 Å². The number of anilines is 1. The second-order valence-corrected chi connectivity index (χ2v) is 8.15. The third-order valence-electron chi connectivity index (χ3n) is 6.12. The number of para-hydroxylation sites is 1. The van der Waals surface area contributed by atoms with Crippen LogP contribution in [0.1, 0.15) is 25.8 Å².